The number of rotatable bonds is 4. The highest BCUT2D eigenvalue weighted by molar-refractivity contribution is 5.83. The summed E-state index contributed by atoms with van der Waals surface area (Å²) in [6.45, 7) is 1.09. The first-order valence-corrected chi connectivity index (χ1v) is 7.75. The zero-order chi connectivity index (χ0) is 16.8. The fourth-order valence-electron chi connectivity index (χ4n) is 2.43. The number of nitrogens with one attached hydrogen (secondary N) is 2. The molecule has 7 nitrogen and oxygen atoms in total. The average molecular weight is 330 g/mol. The first-order chi connectivity index (χ1) is 11.7. The van der Waals surface area contributed by atoms with E-state index in [-0.39, 0.29) is 37.7 Å². The number of benzene rings is 1. The number of hydrogen-bond donors (Lipinski definition) is 2. The van der Waals surface area contributed by atoms with E-state index in [1.807, 2.05) is 0 Å². The van der Waals surface area contributed by atoms with Gasteiger partial charge in [-0.15, -0.1) is 0 Å². The topological polar surface area (TPSA) is 85.9 Å². The van der Waals surface area contributed by atoms with Crippen molar-refractivity contribution in [2.24, 2.45) is 5.92 Å². The molecule has 0 spiro atoms. The van der Waals surface area contributed by atoms with Gasteiger partial charge < -0.3 is 24.8 Å². The Bertz CT molecular complexity index is 682. The summed E-state index contributed by atoms with van der Waals surface area (Å²) in [6, 6.07) is 5.33. The summed E-state index contributed by atoms with van der Waals surface area (Å²) in [5, 5.41) is 5.43. The maximum absolute atomic E-state index is 11.9. The number of carbonyl (C=O) groups is 2. The molecule has 2 aliphatic heterocycles. The molecule has 3 rings (SSSR count). The highest BCUT2D eigenvalue weighted by Gasteiger charge is 2.23. The van der Waals surface area contributed by atoms with Crippen LogP contribution < -0.4 is 24.8 Å². The lowest BCUT2D eigenvalue weighted by atomic mass is 9.98. The Morgan fingerprint density at radius 2 is 2.21 bits per heavy atom. The van der Waals surface area contributed by atoms with Crippen LogP contribution in [0.1, 0.15) is 12.8 Å². The van der Waals surface area contributed by atoms with Gasteiger partial charge in [0.2, 0.25) is 18.6 Å². The second kappa shape index (κ2) is 7.59. The van der Waals surface area contributed by atoms with Crippen LogP contribution >= 0.6 is 0 Å². The van der Waals surface area contributed by atoms with Crippen LogP contribution in [0.4, 0.5) is 0 Å². The molecule has 0 bridgehead atoms. The predicted molar refractivity (Wildman–Crippen MR) is 84.6 cm³/mol. The SMILES string of the molecule is O=C1CCC(C(=O)NCC#CCOc2ccc3c(c2)OCO3)CN1. The van der Waals surface area contributed by atoms with Crippen LogP contribution in [0.3, 0.4) is 0 Å². The van der Waals surface area contributed by atoms with Crippen molar-refractivity contribution in [1.82, 2.24) is 10.6 Å². The molecule has 1 fully saturated rings. The van der Waals surface area contributed by atoms with Gasteiger partial charge in [-0.25, -0.2) is 0 Å². The molecule has 2 N–H and O–H groups in total. The van der Waals surface area contributed by atoms with Crippen molar-refractivity contribution in [2.45, 2.75) is 12.8 Å². The second-order valence-corrected chi connectivity index (χ2v) is 5.41. The molecule has 0 radical (unpaired) electrons. The Morgan fingerprint density at radius 1 is 1.33 bits per heavy atom. The highest BCUT2D eigenvalue weighted by atomic mass is 16.7. The van der Waals surface area contributed by atoms with Gasteiger partial charge in [0.05, 0.1) is 12.5 Å². The quantitative estimate of drug-likeness (QED) is 0.783. The summed E-state index contributed by atoms with van der Waals surface area (Å²) < 4.78 is 16.0. The molecule has 2 aliphatic rings. The van der Waals surface area contributed by atoms with Crippen molar-refractivity contribution in [3.63, 3.8) is 0 Å². The molecule has 0 saturated carbocycles. The van der Waals surface area contributed by atoms with E-state index in [4.69, 9.17) is 14.2 Å². The molecule has 1 saturated heterocycles. The van der Waals surface area contributed by atoms with E-state index in [0.717, 1.165) is 0 Å². The molecule has 0 aromatic heterocycles. The lowest BCUT2D eigenvalue weighted by Gasteiger charge is -2.20. The summed E-state index contributed by atoms with van der Waals surface area (Å²) in [5.41, 5.74) is 0. The van der Waals surface area contributed by atoms with Crippen LogP contribution in [0.15, 0.2) is 18.2 Å². The van der Waals surface area contributed by atoms with Gasteiger partial charge in [-0.2, -0.15) is 0 Å². The Labute approximate surface area is 139 Å². The van der Waals surface area contributed by atoms with E-state index in [2.05, 4.69) is 22.5 Å². The van der Waals surface area contributed by atoms with Crippen LogP contribution in [-0.4, -0.2) is 38.3 Å². The minimum Gasteiger partial charge on any atom is -0.481 e. The molecule has 24 heavy (non-hydrogen) atoms. The normalized spacial score (nSPS) is 18.2. The molecule has 7 heteroatoms. The largest absolute Gasteiger partial charge is 0.481 e. The second-order valence-electron chi connectivity index (χ2n) is 5.41. The van der Waals surface area contributed by atoms with Gasteiger partial charge >= 0.3 is 0 Å². The minimum atomic E-state index is -0.172. The van der Waals surface area contributed by atoms with E-state index in [1.54, 1.807) is 18.2 Å². The van der Waals surface area contributed by atoms with Gasteiger partial charge in [-0.05, 0) is 18.6 Å². The molecule has 126 valence electrons. The lowest BCUT2D eigenvalue weighted by Crippen LogP contribution is -2.43. The fourth-order valence-corrected chi connectivity index (χ4v) is 2.43. The van der Waals surface area contributed by atoms with Crippen LogP contribution in [-0.2, 0) is 9.59 Å². The standard InChI is InChI=1S/C17H18N2O5/c20-16-6-3-12(10-19-16)17(21)18-7-1-2-8-22-13-4-5-14-15(9-13)24-11-23-14/h4-5,9,12H,3,6-8,10-11H2,(H,18,21)(H,19,20). The van der Waals surface area contributed by atoms with Crippen molar-refractivity contribution in [3.8, 4) is 29.1 Å². The monoisotopic (exact) mass is 330 g/mol. The number of carbonyl (C=O) groups excluding carboxylic acids is 2. The van der Waals surface area contributed by atoms with Crippen LogP contribution in [0.5, 0.6) is 17.2 Å². The number of hydrogen-bond acceptors (Lipinski definition) is 5. The van der Waals surface area contributed by atoms with Crippen LogP contribution in [0.25, 0.3) is 0 Å². The fraction of sp³-hybridized carbons (Fsp3) is 0.412. The minimum absolute atomic E-state index is 0.000456. The van der Waals surface area contributed by atoms with Crippen molar-refractivity contribution >= 4 is 11.8 Å². The third kappa shape index (κ3) is 4.10. The van der Waals surface area contributed by atoms with E-state index in [9.17, 15) is 9.59 Å². The zero-order valence-corrected chi connectivity index (χ0v) is 13.1. The van der Waals surface area contributed by atoms with Gasteiger partial charge in [0.15, 0.2) is 11.5 Å². The predicted octanol–water partition coefficient (Wildman–Crippen LogP) is 0.440. The van der Waals surface area contributed by atoms with Gasteiger partial charge in [0, 0.05) is 19.0 Å². The van der Waals surface area contributed by atoms with Gasteiger partial charge in [0.1, 0.15) is 12.4 Å². The lowest BCUT2D eigenvalue weighted by molar-refractivity contribution is -0.128. The van der Waals surface area contributed by atoms with E-state index >= 15 is 0 Å². The molecule has 1 aromatic rings. The van der Waals surface area contributed by atoms with Crippen molar-refractivity contribution < 1.29 is 23.8 Å². The molecule has 0 aliphatic carbocycles. The molecule has 1 atom stereocenters. The van der Waals surface area contributed by atoms with Crippen molar-refractivity contribution in [3.05, 3.63) is 18.2 Å². The first kappa shape index (κ1) is 16.0. The van der Waals surface area contributed by atoms with Crippen LogP contribution in [0.2, 0.25) is 0 Å². The molecule has 2 heterocycles. The number of amides is 2. The number of fused-ring (bicyclic) bond motifs is 1. The van der Waals surface area contributed by atoms with E-state index < -0.39 is 0 Å². The highest BCUT2D eigenvalue weighted by Crippen LogP contribution is 2.34. The Hall–Kier alpha value is -2.88. The summed E-state index contributed by atoms with van der Waals surface area (Å²) >= 11 is 0. The Morgan fingerprint density at radius 3 is 3.04 bits per heavy atom. The third-order valence-corrected chi connectivity index (χ3v) is 3.77. The molecule has 1 aromatic carbocycles. The summed E-state index contributed by atoms with van der Waals surface area (Å²) in [6.07, 6.45) is 0.978. The third-order valence-electron chi connectivity index (χ3n) is 3.77. The van der Waals surface area contributed by atoms with E-state index in [0.29, 0.717) is 36.6 Å². The van der Waals surface area contributed by atoms with Crippen molar-refractivity contribution in [1.29, 1.82) is 0 Å². The van der Waals surface area contributed by atoms with Gasteiger partial charge in [0.25, 0.3) is 0 Å². The summed E-state index contributed by atoms with van der Waals surface area (Å²) in [5.74, 6) is 7.43. The number of ether oxygens (including phenoxy) is 3. The molecular formula is C17H18N2O5. The van der Waals surface area contributed by atoms with Crippen LogP contribution in [0, 0.1) is 17.8 Å². The first-order valence-electron chi connectivity index (χ1n) is 7.75. The Kier molecular flexibility index (Phi) is 5.06. The van der Waals surface area contributed by atoms with E-state index in [1.165, 1.54) is 0 Å². The zero-order valence-electron chi connectivity index (χ0n) is 13.1. The smallest absolute Gasteiger partial charge is 0.231 e. The molecular weight excluding hydrogens is 312 g/mol. The Balaban J connectivity index is 1.36. The summed E-state index contributed by atoms with van der Waals surface area (Å²) in [4.78, 5) is 22.9. The summed E-state index contributed by atoms with van der Waals surface area (Å²) in [7, 11) is 0. The van der Waals surface area contributed by atoms with Crippen molar-refractivity contribution in [2.75, 3.05) is 26.5 Å². The van der Waals surface area contributed by atoms with Gasteiger partial charge in [-0.3, -0.25) is 9.59 Å². The maximum Gasteiger partial charge on any atom is 0.231 e. The average Bonchev–Trinajstić information content (AvgIpc) is 3.06. The maximum atomic E-state index is 11.9. The number of piperidine rings is 1. The molecule has 2 amide bonds. The van der Waals surface area contributed by atoms with Gasteiger partial charge in [-0.1, -0.05) is 11.8 Å². The molecule has 1 unspecified atom stereocenters.